The number of aromatic nitrogens is 1. The summed E-state index contributed by atoms with van der Waals surface area (Å²) in [4.78, 5) is 46.6. The number of esters is 1. The molecule has 1 fully saturated rings. The van der Waals surface area contributed by atoms with Gasteiger partial charge in [0.15, 0.2) is 22.9 Å². The zero-order chi connectivity index (χ0) is 31.4. The predicted molar refractivity (Wildman–Crippen MR) is 167 cm³/mol. The van der Waals surface area contributed by atoms with E-state index in [4.69, 9.17) is 30.5 Å². The van der Waals surface area contributed by atoms with E-state index in [2.05, 4.69) is 4.99 Å². The fourth-order valence-corrected chi connectivity index (χ4v) is 6.19. The summed E-state index contributed by atoms with van der Waals surface area (Å²) >= 11 is 7.38. The number of nitrogens with zero attached hydrogens (tertiary/aromatic N) is 3. The lowest BCUT2D eigenvalue weighted by Crippen LogP contribution is -2.43. The summed E-state index contributed by atoms with van der Waals surface area (Å²) in [6.07, 6.45) is 1.40. The van der Waals surface area contributed by atoms with Gasteiger partial charge in [0, 0.05) is 18.1 Å². The zero-order valence-corrected chi connectivity index (χ0v) is 26.6. The zero-order valence-electron chi connectivity index (χ0n) is 25.0. The van der Waals surface area contributed by atoms with E-state index in [0.717, 1.165) is 0 Å². The van der Waals surface area contributed by atoms with E-state index >= 15 is 0 Å². The monoisotopic (exact) mass is 639 g/mol. The number of hydrogen-bond donors (Lipinski definition) is 0. The number of amides is 1. The molecule has 1 saturated heterocycles. The number of ether oxygens (including phenoxy) is 4. The molecule has 0 bridgehead atoms. The van der Waals surface area contributed by atoms with Gasteiger partial charge < -0.3 is 23.8 Å². The molecular formula is C32H34ClN3O7S. The van der Waals surface area contributed by atoms with Gasteiger partial charge in [0.2, 0.25) is 0 Å². The fourth-order valence-electron chi connectivity index (χ4n) is 5.02. The number of carbonyl (C=O) groups is 2. The maximum Gasteiger partial charge on any atom is 0.338 e. The summed E-state index contributed by atoms with van der Waals surface area (Å²) in [6.45, 7) is 9.51. The van der Waals surface area contributed by atoms with Gasteiger partial charge in [-0.3, -0.25) is 14.2 Å². The van der Waals surface area contributed by atoms with Crippen LogP contribution in [0, 0.1) is 0 Å². The second-order valence-electron chi connectivity index (χ2n) is 10.5. The summed E-state index contributed by atoms with van der Waals surface area (Å²) < 4.78 is 24.5. The van der Waals surface area contributed by atoms with Gasteiger partial charge in [0.25, 0.3) is 11.5 Å². The second-order valence-corrected chi connectivity index (χ2v) is 12.0. The minimum atomic E-state index is -0.740. The largest absolute Gasteiger partial charge is 0.490 e. The highest BCUT2D eigenvalue weighted by atomic mass is 35.5. The summed E-state index contributed by atoms with van der Waals surface area (Å²) in [5, 5.41) is 0.538. The van der Waals surface area contributed by atoms with E-state index in [0.29, 0.717) is 81.2 Å². The lowest BCUT2D eigenvalue weighted by molar-refractivity contribution is -0.143. The number of morpholine rings is 1. The van der Waals surface area contributed by atoms with Crippen LogP contribution in [-0.2, 0) is 19.1 Å². The summed E-state index contributed by atoms with van der Waals surface area (Å²) in [6, 6.07) is 11.6. The first-order chi connectivity index (χ1) is 21.2. The number of rotatable bonds is 9. The van der Waals surface area contributed by atoms with Crippen molar-refractivity contribution in [1.29, 1.82) is 0 Å². The van der Waals surface area contributed by atoms with Crippen molar-refractivity contribution in [2.24, 2.45) is 4.99 Å². The Bertz CT molecular complexity index is 1760. The van der Waals surface area contributed by atoms with Crippen molar-refractivity contribution in [2.45, 2.75) is 39.8 Å². The van der Waals surface area contributed by atoms with Crippen LogP contribution < -0.4 is 24.4 Å². The highest BCUT2D eigenvalue weighted by Gasteiger charge is 2.33. The number of allylic oxidation sites excluding steroid dienone is 1. The minimum Gasteiger partial charge on any atom is -0.490 e. The number of hydrogen-bond acceptors (Lipinski definition) is 9. The second kappa shape index (κ2) is 13.8. The Hall–Kier alpha value is -3.93. The van der Waals surface area contributed by atoms with Crippen LogP contribution in [0.2, 0.25) is 5.02 Å². The topological polar surface area (TPSA) is 109 Å². The highest BCUT2D eigenvalue weighted by molar-refractivity contribution is 7.07. The number of halogens is 1. The predicted octanol–water partition coefficient (Wildman–Crippen LogP) is 3.48. The Kier molecular flexibility index (Phi) is 9.87. The van der Waals surface area contributed by atoms with Crippen molar-refractivity contribution in [2.75, 3.05) is 39.5 Å². The van der Waals surface area contributed by atoms with E-state index < -0.39 is 12.0 Å². The molecule has 2 aliphatic heterocycles. The van der Waals surface area contributed by atoms with Crippen molar-refractivity contribution < 1.29 is 28.5 Å². The van der Waals surface area contributed by atoms with Crippen LogP contribution in [-0.4, -0.2) is 67.0 Å². The molecule has 3 heterocycles. The van der Waals surface area contributed by atoms with Gasteiger partial charge in [-0.15, -0.1) is 0 Å². The maximum atomic E-state index is 13.9. The molecule has 10 nitrogen and oxygen atoms in total. The van der Waals surface area contributed by atoms with Gasteiger partial charge in [-0.2, -0.15) is 0 Å². The molecule has 1 aromatic heterocycles. The molecule has 0 N–H and O–H groups in total. The molecule has 1 amide bonds. The van der Waals surface area contributed by atoms with Gasteiger partial charge in [-0.05, 0) is 69.2 Å². The standard InChI is InChI=1S/C32H34ClN3O7S/c1-5-41-25-16-21(6-11-24(25)42-18-27(37)35-12-14-40-15-13-35)17-26-30(38)36-29(22-7-9-23(33)10-8-22)28(31(39)43-19(2)3)20(4)34-32(36)44-26/h6-11,16-17,19,29H,5,12-15,18H2,1-4H3/b26-17+/t29-/m0/s1. The summed E-state index contributed by atoms with van der Waals surface area (Å²) in [7, 11) is 0. The molecule has 2 aliphatic rings. The SMILES string of the molecule is CCOc1cc(/C=c2/sc3n(c2=O)[C@@H](c2ccc(Cl)cc2)C(C(=O)OC(C)C)=C(C)N=3)ccc1OCC(=O)N1CCOCC1. The third-order valence-electron chi connectivity index (χ3n) is 7.05. The smallest absolute Gasteiger partial charge is 0.338 e. The molecule has 2 aromatic carbocycles. The Balaban J connectivity index is 1.50. The molecule has 0 saturated carbocycles. The molecule has 0 radical (unpaired) electrons. The quantitative estimate of drug-likeness (QED) is 0.330. The van der Waals surface area contributed by atoms with Gasteiger partial charge in [0.05, 0.1) is 47.8 Å². The van der Waals surface area contributed by atoms with Crippen molar-refractivity contribution in [3.8, 4) is 11.5 Å². The molecule has 3 aromatic rings. The average molecular weight is 640 g/mol. The van der Waals surface area contributed by atoms with Crippen LogP contribution in [0.4, 0.5) is 0 Å². The van der Waals surface area contributed by atoms with Crippen LogP contribution >= 0.6 is 22.9 Å². The van der Waals surface area contributed by atoms with E-state index in [1.54, 1.807) is 74.2 Å². The van der Waals surface area contributed by atoms with Crippen molar-refractivity contribution in [3.63, 3.8) is 0 Å². The maximum absolute atomic E-state index is 13.9. The Morgan fingerprint density at radius 3 is 2.52 bits per heavy atom. The van der Waals surface area contributed by atoms with Crippen LogP contribution in [0.3, 0.4) is 0 Å². The number of thiazole rings is 1. The molecule has 232 valence electrons. The normalized spacial score (nSPS) is 16.9. The van der Waals surface area contributed by atoms with Crippen LogP contribution in [0.15, 0.2) is 63.5 Å². The average Bonchev–Trinajstić information content (AvgIpc) is 3.30. The molecule has 12 heteroatoms. The van der Waals surface area contributed by atoms with E-state index in [1.165, 1.54) is 15.9 Å². The van der Waals surface area contributed by atoms with Crippen LogP contribution in [0.5, 0.6) is 11.5 Å². The van der Waals surface area contributed by atoms with Crippen molar-refractivity contribution >= 4 is 40.9 Å². The number of fused-ring (bicyclic) bond motifs is 1. The Labute approximate surface area is 263 Å². The van der Waals surface area contributed by atoms with Crippen LogP contribution in [0.1, 0.15) is 44.9 Å². The molecule has 5 rings (SSSR count). The van der Waals surface area contributed by atoms with E-state index in [-0.39, 0.29) is 24.2 Å². The minimum absolute atomic E-state index is 0.121. The fraction of sp³-hybridized carbons (Fsp3) is 0.375. The number of carbonyl (C=O) groups excluding carboxylic acids is 2. The third-order valence-corrected chi connectivity index (χ3v) is 8.29. The third kappa shape index (κ3) is 6.90. The van der Waals surface area contributed by atoms with Crippen molar-refractivity contribution in [1.82, 2.24) is 9.47 Å². The van der Waals surface area contributed by atoms with Gasteiger partial charge in [-0.25, -0.2) is 9.79 Å². The first-order valence-corrected chi connectivity index (χ1v) is 15.6. The van der Waals surface area contributed by atoms with E-state index in [9.17, 15) is 14.4 Å². The molecule has 1 atom stereocenters. The Morgan fingerprint density at radius 2 is 1.84 bits per heavy atom. The highest BCUT2D eigenvalue weighted by Crippen LogP contribution is 2.32. The van der Waals surface area contributed by atoms with Gasteiger partial charge in [0.1, 0.15) is 0 Å². The lowest BCUT2D eigenvalue weighted by Gasteiger charge is -2.26. The van der Waals surface area contributed by atoms with Gasteiger partial charge in [-0.1, -0.05) is 41.1 Å². The van der Waals surface area contributed by atoms with Gasteiger partial charge >= 0.3 is 5.97 Å². The first-order valence-electron chi connectivity index (χ1n) is 14.4. The van der Waals surface area contributed by atoms with E-state index in [1.807, 2.05) is 6.92 Å². The molecule has 0 unspecified atom stereocenters. The molecular weight excluding hydrogens is 606 g/mol. The summed E-state index contributed by atoms with van der Waals surface area (Å²) in [5.41, 5.74) is 1.88. The lowest BCUT2D eigenvalue weighted by atomic mass is 9.96. The van der Waals surface area contributed by atoms with Crippen LogP contribution in [0.25, 0.3) is 6.08 Å². The molecule has 0 aliphatic carbocycles. The first kappa shape index (κ1) is 31.5. The van der Waals surface area contributed by atoms with Crippen molar-refractivity contribution in [3.05, 3.63) is 89.6 Å². The number of benzene rings is 2. The molecule has 44 heavy (non-hydrogen) atoms. The molecule has 0 spiro atoms. The Morgan fingerprint density at radius 1 is 1.11 bits per heavy atom. The summed E-state index contributed by atoms with van der Waals surface area (Å²) in [5.74, 6) is 0.235.